The van der Waals surface area contributed by atoms with Crippen LogP contribution in [0.3, 0.4) is 0 Å². The van der Waals surface area contributed by atoms with Crippen molar-refractivity contribution in [3.8, 4) is 0 Å². The molecule has 0 atom stereocenters. The molecule has 1 aromatic rings. The Kier molecular flexibility index (Phi) is 9.19. The molecule has 0 saturated carbocycles. The summed E-state index contributed by atoms with van der Waals surface area (Å²) in [6, 6.07) is 7.58. The van der Waals surface area contributed by atoms with Gasteiger partial charge in [0.15, 0.2) is 11.7 Å². The van der Waals surface area contributed by atoms with Crippen molar-refractivity contribution in [2.45, 2.75) is 27.7 Å². The van der Waals surface area contributed by atoms with Gasteiger partial charge in [0, 0.05) is 5.70 Å². The number of benzene rings is 1. The minimum absolute atomic E-state index is 0.186. The van der Waals surface area contributed by atoms with Gasteiger partial charge in [0.25, 0.3) is 0 Å². The fourth-order valence-electron chi connectivity index (χ4n) is 1.31. The largest absolute Gasteiger partial charge is 0.342 e. The second-order valence-electron chi connectivity index (χ2n) is 4.89. The van der Waals surface area contributed by atoms with Gasteiger partial charge in [-0.1, -0.05) is 43.5 Å². The summed E-state index contributed by atoms with van der Waals surface area (Å²) in [5.74, 6) is -0.208. The molecule has 3 heteroatoms. The van der Waals surface area contributed by atoms with Crippen molar-refractivity contribution in [1.29, 1.82) is 0 Å². The summed E-state index contributed by atoms with van der Waals surface area (Å²) in [5.41, 5.74) is 3.46. The van der Waals surface area contributed by atoms with E-state index in [9.17, 15) is 4.39 Å². The number of halogens is 1. The van der Waals surface area contributed by atoms with Crippen LogP contribution in [0.5, 0.6) is 0 Å². The van der Waals surface area contributed by atoms with E-state index >= 15 is 0 Å². The molecule has 0 bridgehead atoms. The number of aryl methyl sites for hydroxylation is 1. The molecule has 22 heavy (non-hydrogen) atoms. The van der Waals surface area contributed by atoms with E-state index in [2.05, 4.69) is 30.0 Å². The Bertz CT molecular complexity index is 595. The number of aliphatic imine (C=N–C) groups is 1. The predicted octanol–water partition coefficient (Wildman–Crippen LogP) is 5.77. The SMILES string of the molecule is C=C(C)NC(=Nc1cccc(C)c1)/C(F)=C\C.C=CC(=C)C. The highest BCUT2D eigenvalue weighted by atomic mass is 19.1. The maximum atomic E-state index is 13.6. The Hall–Kier alpha value is -2.42. The second-order valence-corrected chi connectivity index (χ2v) is 4.89. The van der Waals surface area contributed by atoms with Crippen molar-refractivity contribution < 1.29 is 4.39 Å². The fourth-order valence-corrected chi connectivity index (χ4v) is 1.31. The molecule has 0 heterocycles. The number of hydrogen-bond donors (Lipinski definition) is 1. The first-order valence-electron chi connectivity index (χ1n) is 6.98. The third kappa shape index (κ3) is 8.69. The maximum absolute atomic E-state index is 13.6. The van der Waals surface area contributed by atoms with Crippen molar-refractivity contribution in [2.24, 2.45) is 4.99 Å². The van der Waals surface area contributed by atoms with Gasteiger partial charge >= 0.3 is 0 Å². The van der Waals surface area contributed by atoms with Crippen molar-refractivity contribution in [3.05, 3.63) is 78.8 Å². The molecule has 2 nitrogen and oxygen atoms in total. The van der Waals surface area contributed by atoms with Gasteiger partial charge in [0.05, 0.1) is 5.69 Å². The third-order valence-corrected chi connectivity index (χ3v) is 2.40. The van der Waals surface area contributed by atoms with E-state index in [4.69, 9.17) is 0 Å². The summed E-state index contributed by atoms with van der Waals surface area (Å²) in [6.07, 6.45) is 3.09. The quantitative estimate of drug-likeness (QED) is 0.426. The van der Waals surface area contributed by atoms with Crippen LogP contribution in [-0.2, 0) is 0 Å². The van der Waals surface area contributed by atoms with Gasteiger partial charge in [-0.05, 0) is 51.5 Å². The molecule has 1 rings (SSSR count). The monoisotopic (exact) mass is 300 g/mol. The van der Waals surface area contributed by atoms with Crippen LogP contribution in [0, 0.1) is 6.92 Å². The van der Waals surface area contributed by atoms with Gasteiger partial charge in [0.1, 0.15) is 0 Å². The van der Waals surface area contributed by atoms with E-state index in [1.807, 2.05) is 38.1 Å². The zero-order valence-corrected chi connectivity index (χ0v) is 13.9. The number of nitrogens with zero attached hydrogens (tertiary/aromatic N) is 1. The molecule has 0 aliphatic heterocycles. The number of nitrogens with one attached hydrogen (secondary N) is 1. The molecule has 1 aromatic carbocycles. The van der Waals surface area contributed by atoms with Crippen molar-refractivity contribution in [2.75, 3.05) is 0 Å². The van der Waals surface area contributed by atoms with Crippen LogP contribution in [0.1, 0.15) is 26.3 Å². The Labute approximate surface area is 133 Å². The molecule has 0 unspecified atom stereocenters. The second kappa shape index (κ2) is 10.3. The summed E-state index contributed by atoms with van der Waals surface area (Å²) in [7, 11) is 0. The van der Waals surface area contributed by atoms with Gasteiger partial charge in [-0.15, -0.1) is 0 Å². The van der Waals surface area contributed by atoms with Gasteiger partial charge in [-0.25, -0.2) is 9.38 Å². The standard InChI is InChI=1S/C14H17FN2.C5H8/c1-5-13(15)14(16-10(2)3)17-12-8-6-7-11(4)9-12;1-4-5(2)3/h5-9H,2H2,1,3-4H3,(H,16,17);4H,1-2H2,3H3/b13-5+;. The van der Waals surface area contributed by atoms with Crippen LogP contribution in [0.4, 0.5) is 10.1 Å². The average molecular weight is 300 g/mol. The molecule has 1 N–H and O–H groups in total. The molecule has 0 fully saturated rings. The minimum Gasteiger partial charge on any atom is -0.342 e. The highest BCUT2D eigenvalue weighted by molar-refractivity contribution is 5.98. The van der Waals surface area contributed by atoms with Crippen LogP contribution in [0.25, 0.3) is 0 Å². The van der Waals surface area contributed by atoms with E-state index in [1.54, 1.807) is 19.9 Å². The number of hydrogen-bond acceptors (Lipinski definition) is 1. The summed E-state index contributed by atoms with van der Waals surface area (Å²) in [5, 5.41) is 2.81. The first-order chi connectivity index (χ1) is 10.3. The van der Waals surface area contributed by atoms with Gasteiger partial charge in [-0.2, -0.15) is 0 Å². The zero-order valence-electron chi connectivity index (χ0n) is 13.9. The Morgan fingerprint density at radius 1 is 1.27 bits per heavy atom. The highest BCUT2D eigenvalue weighted by Gasteiger charge is 2.05. The Morgan fingerprint density at radius 2 is 1.86 bits per heavy atom. The number of amidine groups is 1. The lowest BCUT2D eigenvalue weighted by Crippen LogP contribution is -2.21. The van der Waals surface area contributed by atoms with Crippen LogP contribution in [0.2, 0.25) is 0 Å². The Balaban J connectivity index is 0.000000763. The topological polar surface area (TPSA) is 24.4 Å². The van der Waals surface area contributed by atoms with E-state index in [0.29, 0.717) is 11.4 Å². The molecule has 0 radical (unpaired) electrons. The summed E-state index contributed by atoms with van der Waals surface area (Å²) in [6.45, 7) is 18.0. The molecule has 0 aliphatic carbocycles. The first kappa shape index (κ1) is 19.6. The lowest BCUT2D eigenvalue weighted by molar-refractivity contribution is 0.672. The van der Waals surface area contributed by atoms with E-state index in [0.717, 1.165) is 11.1 Å². The molecule has 0 aliphatic rings. The maximum Gasteiger partial charge on any atom is 0.166 e. The van der Waals surface area contributed by atoms with E-state index < -0.39 is 5.83 Å². The molecular formula is C19H25FN2. The van der Waals surface area contributed by atoms with Crippen molar-refractivity contribution >= 4 is 11.5 Å². The third-order valence-electron chi connectivity index (χ3n) is 2.40. The minimum atomic E-state index is -0.394. The van der Waals surface area contributed by atoms with Gasteiger partial charge in [-0.3, -0.25) is 0 Å². The van der Waals surface area contributed by atoms with Crippen molar-refractivity contribution in [3.63, 3.8) is 0 Å². The Morgan fingerprint density at radius 3 is 2.27 bits per heavy atom. The fraction of sp³-hybridized carbons (Fsp3) is 0.211. The molecule has 0 amide bonds. The lowest BCUT2D eigenvalue weighted by atomic mass is 10.2. The van der Waals surface area contributed by atoms with E-state index in [-0.39, 0.29) is 5.84 Å². The molecule has 0 aromatic heterocycles. The van der Waals surface area contributed by atoms with E-state index in [1.165, 1.54) is 6.08 Å². The number of allylic oxidation sites excluding steroid dienone is 4. The lowest BCUT2D eigenvalue weighted by Gasteiger charge is -2.07. The summed E-state index contributed by atoms with van der Waals surface area (Å²) in [4.78, 5) is 4.23. The number of rotatable bonds is 4. The highest BCUT2D eigenvalue weighted by Crippen LogP contribution is 2.15. The summed E-state index contributed by atoms with van der Waals surface area (Å²) < 4.78 is 13.6. The van der Waals surface area contributed by atoms with Crippen LogP contribution in [-0.4, -0.2) is 5.84 Å². The van der Waals surface area contributed by atoms with Crippen LogP contribution in [0.15, 0.2) is 78.2 Å². The van der Waals surface area contributed by atoms with Crippen LogP contribution >= 0.6 is 0 Å². The summed E-state index contributed by atoms with van der Waals surface area (Å²) >= 11 is 0. The van der Waals surface area contributed by atoms with Gasteiger partial charge < -0.3 is 5.32 Å². The molecule has 118 valence electrons. The van der Waals surface area contributed by atoms with Crippen LogP contribution < -0.4 is 5.32 Å². The average Bonchev–Trinajstić information content (AvgIpc) is 2.46. The first-order valence-corrected chi connectivity index (χ1v) is 6.98. The smallest absolute Gasteiger partial charge is 0.166 e. The zero-order chi connectivity index (χ0) is 17.1. The molecule has 0 spiro atoms. The normalized spacial score (nSPS) is 11.1. The molecular weight excluding hydrogens is 275 g/mol. The predicted molar refractivity (Wildman–Crippen MR) is 96.1 cm³/mol. The van der Waals surface area contributed by atoms with Gasteiger partial charge in [0.2, 0.25) is 0 Å². The van der Waals surface area contributed by atoms with Crippen molar-refractivity contribution in [1.82, 2.24) is 5.32 Å². The molecule has 0 saturated heterocycles.